The number of anilines is 1. The zero-order valence-corrected chi connectivity index (χ0v) is 11.8. The van der Waals surface area contributed by atoms with Gasteiger partial charge in [0.05, 0.1) is 5.69 Å². The largest absolute Gasteiger partial charge is 0.477 e. The molecule has 1 aromatic carbocycles. The first-order valence-electron chi connectivity index (χ1n) is 6.14. The molecule has 0 amide bonds. The molecule has 0 radical (unpaired) electrons. The van der Waals surface area contributed by atoms with E-state index >= 15 is 0 Å². The summed E-state index contributed by atoms with van der Waals surface area (Å²) in [7, 11) is 1.93. The molecule has 2 rings (SSSR count). The van der Waals surface area contributed by atoms with Crippen LogP contribution in [0.1, 0.15) is 23.0 Å². The zero-order chi connectivity index (χ0) is 13.8. The summed E-state index contributed by atoms with van der Waals surface area (Å²) in [5, 5.41) is 10.1. The van der Waals surface area contributed by atoms with E-state index in [9.17, 15) is 9.90 Å². The van der Waals surface area contributed by atoms with Crippen molar-refractivity contribution in [1.82, 2.24) is 4.98 Å². The Bertz CT molecular complexity index is 566. The SMILES string of the molecule is CCCN(C)c1nc(-c2ccccc2)c(C(=O)O)s1. The van der Waals surface area contributed by atoms with Crippen molar-refractivity contribution in [3.63, 3.8) is 0 Å². The Kier molecular flexibility index (Phi) is 4.16. The number of rotatable bonds is 5. The van der Waals surface area contributed by atoms with Gasteiger partial charge in [0.25, 0.3) is 0 Å². The molecule has 4 nitrogen and oxygen atoms in total. The molecule has 1 N–H and O–H groups in total. The third-order valence-corrected chi connectivity index (χ3v) is 3.90. The smallest absolute Gasteiger partial charge is 0.348 e. The van der Waals surface area contributed by atoms with Crippen LogP contribution < -0.4 is 4.90 Å². The monoisotopic (exact) mass is 276 g/mol. The maximum absolute atomic E-state index is 11.3. The van der Waals surface area contributed by atoms with E-state index in [4.69, 9.17) is 0 Å². The summed E-state index contributed by atoms with van der Waals surface area (Å²) in [6.07, 6.45) is 0.999. The number of nitrogens with zero attached hydrogens (tertiary/aromatic N) is 2. The number of hydrogen-bond acceptors (Lipinski definition) is 4. The molecule has 5 heteroatoms. The van der Waals surface area contributed by atoms with E-state index in [1.165, 1.54) is 11.3 Å². The Morgan fingerprint density at radius 2 is 2.05 bits per heavy atom. The summed E-state index contributed by atoms with van der Waals surface area (Å²) in [4.78, 5) is 18.1. The van der Waals surface area contributed by atoms with Gasteiger partial charge in [0.2, 0.25) is 0 Å². The summed E-state index contributed by atoms with van der Waals surface area (Å²) in [6, 6.07) is 9.43. The van der Waals surface area contributed by atoms with Gasteiger partial charge in [-0.25, -0.2) is 9.78 Å². The molecule has 100 valence electrons. The lowest BCUT2D eigenvalue weighted by molar-refractivity contribution is 0.0702. The number of aromatic nitrogens is 1. The lowest BCUT2D eigenvalue weighted by atomic mass is 10.1. The Balaban J connectivity index is 2.45. The Morgan fingerprint density at radius 3 is 2.63 bits per heavy atom. The third kappa shape index (κ3) is 2.93. The molecule has 2 aromatic rings. The lowest BCUT2D eigenvalue weighted by Gasteiger charge is -2.13. The van der Waals surface area contributed by atoms with Gasteiger partial charge >= 0.3 is 5.97 Å². The number of aromatic carboxylic acids is 1. The topological polar surface area (TPSA) is 53.4 Å². The summed E-state index contributed by atoms with van der Waals surface area (Å²) >= 11 is 1.23. The van der Waals surface area contributed by atoms with Gasteiger partial charge in [0.15, 0.2) is 5.13 Å². The van der Waals surface area contributed by atoms with Crippen molar-refractivity contribution in [2.45, 2.75) is 13.3 Å². The molecule has 1 aromatic heterocycles. The highest BCUT2D eigenvalue weighted by Crippen LogP contribution is 2.32. The first-order valence-corrected chi connectivity index (χ1v) is 6.95. The predicted octanol–water partition coefficient (Wildman–Crippen LogP) is 3.35. The highest BCUT2D eigenvalue weighted by Gasteiger charge is 2.20. The van der Waals surface area contributed by atoms with Crippen LogP contribution in [0.25, 0.3) is 11.3 Å². The van der Waals surface area contributed by atoms with E-state index in [0.29, 0.717) is 10.6 Å². The molecule has 0 unspecified atom stereocenters. The fourth-order valence-electron chi connectivity index (χ4n) is 1.84. The van der Waals surface area contributed by atoms with E-state index in [1.54, 1.807) is 0 Å². The third-order valence-electron chi connectivity index (χ3n) is 2.74. The molecule has 0 fully saturated rings. The summed E-state index contributed by atoms with van der Waals surface area (Å²) in [5.41, 5.74) is 1.39. The minimum atomic E-state index is -0.924. The normalized spacial score (nSPS) is 10.4. The van der Waals surface area contributed by atoms with Crippen molar-refractivity contribution in [1.29, 1.82) is 0 Å². The van der Waals surface area contributed by atoms with Gasteiger partial charge in [-0.05, 0) is 6.42 Å². The maximum atomic E-state index is 11.3. The highest BCUT2D eigenvalue weighted by molar-refractivity contribution is 7.17. The summed E-state index contributed by atoms with van der Waals surface area (Å²) in [6.45, 7) is 2.95. The number of thiazole rings is 1. The number of carboxylic acids is 1. The molecule has 0 saturated heterocycles. The molecular weight excluding hydrogens is 260 g/mol. The average molecular weight is 276 g/mol. The second-order valence-electron chi connectivity index (χ2n) is 4.27. The van der Waals surface area contributed by atoms with Crippen molar-refractivity contribution >= 4 is 22.4 Å². The lowest BCUT2D eigenvalue weighted by Crippen LogP contribution is -2.17. The molecule has 1 heterocycles. The van der Waals surface area contributed by atoms with E-state index in [-0.39, 0.29) is 0 Å². The standard InChI is InChI=1S/C14H16N2O2S/c1-3-9-16(2)14-15-11(12(19-14)13(17)18)10-7-5-4-6-8-10/h4-8H,3,9H2,1-2H3,(H,17,18). The Hall–Kier alpha value is -1.88. The van der Waals surface area contributed by atoms with Gasteiger partial charge in [0.1, 0.15) is 4.88 Å². The zero-order valence-electron chi connectivity index (χ0n) is 11.0. The number of carboxylic acid groups (broad SMARTS) is 1. The second kappa shape index (κ2) is 5.84. The Labute approximate surface area is 116 Å². The van der Waals surface area contributed by atoms with Gasteiger partial charge in [-0.3, -0.25) is 0 Å². The minimum absolute atomic E-state index is 0.296. The molecule has 19 heavy (non-hydrogen) atoms. The van der Waals surface area contributed by atoms with Gasteiger partial charge in [0, 0.05) is 19.2 Å². The predicted molar refractivity (Wildman–Crippen MR) is 78.1 cm³/mol. The fourth-order valence-corrected chi connectivity index (χ4v) is 2.75. The summed E-state index contributed by atoms with van der Waals surface area (Å²) in [5.74, 6) is -0.924. The van der Waals surface area contributed by atoms with Crippen LogP contribution in [0.3, 0.4) is 0 Å². The van der Waals surface area contributed by atoms with Crippen LogP contribution in [-0.4, -0.2) is 29.7 Å². The highest BCUT2D eigenvalue weighted by atomic mass is 32.1. The van der Waals surface area contributed by atoms with E-state index < -0.39 is 5.97 Å². The van der Waals surface area contributed by atoms with Crippen LogP contribution in [0.5, 0.6) is 0 Å². The first-order chi connectivity index (χ1) is 9.13. The van der Waals surface area contributed by atoms with Gasteiger partial charge < -0.3 is 10.0 Å². The van der Waals surface area contributed by atoms with Gasteiger partial charge in [-0.2, -0.15) is 0 Å². The summed E-state index contributed by atoms with van der Waals surface area (Å²) < 4.78 is 0. The fraction of sp³-hybridized carbons (Fsp3) is 0.286. The van der Waals surface area contributed by atoms with E-state index in [0.717, 1.165) is 23.7 Å². The molecule has 0 spiro atoms. The average Bonchev–Trinajstić information content (AvgIpc) is 2.85. The molecule has 0 aliphatic carbocycles. The molecule has 0 saturated carbocycles. The van der Waals surface area contributed by atoms with Crippen LogP contribution in [0, 0.1) is 0 Å². The van der Waals surface area contributed by atoms with Crippen LogP contribution in [0.2, 0.25) is 0 Å². The van der Waals surface area contributed by atoms with Crippen molar-refractivity contribution < 1.29 is 9.90 Å². The second-order valence-corrected chi connectivity index (χ2v) is 5.24. The minimum Gasteiger partial charge on any atom is -0.477 e. The number of benzene rings is 1. The maximum Gasteiger partial charge on any atom is 0.348 e. The molecular formula is C14H16N2O2S. The number of carbonyl (C=O) groups is 1. The molecule has 0 atom stereocenters. The molecule has 0 aliphatic rings. The Morgan fingerprint density at radius 1 is 1.37 bits per heavy atom. The van der Waals surface area contributed by atoms with Crippen LogP contribution >= 0.6 is 11.3 Å². The van der Waals surface area contributed by atoms with Crippen molar-refractivity contribution in [2.24, 2.45) is 0 Å². The quantitative estimate of drug-likeness (QED) is 0.910. The number of hydrogen-bond donors (Lipinski definition) is 1. The van der Waals surface area contributed by atoms with Crippen molar-refractivity contribution in [3.05, 3.63) is 35.2 Å². The van der Waals surface area contributed by atoms with E-state index in [1.807, 2.05) is 42.3 Å². The first kappa shape index (κ1) is 13.5. The van der Waals surface area contributed by atoms with E-state index in [2.05, 4.69) is 11.9 Å². The molecule has 0 bridgehead atoms. The van der Waals surface area contributed by atoms with Gasteiger partial charge in [-0.15, -0.1) is 0 Å². The van der Waals surface area contributed by atoms with Gasteiger partial charge in [-0.1, -0.05) is 48.6 Å². The van der Waals surface area contributed by atoms with Crippen molar-refractivity contribution in [2.75, 3.05) is 18.5 Å². The van der Waals surface area contributed by atoms with Crippen LogP contribution in [-0.2, 0) is 0 Å². The van der Waals surface area contributed by atoms with Crippen LogP contribution in [0.15, 0.2) is 30.3 Å². The molecule has 0 aliphatic heterocycles. The van der Waals surface area contributed by atoms with Crippen LogP contribution in [0.4, 0.5) is 5.13 Å². The van der Waals surface area contributed by atoms with Crippen molar-refractivity contribution in [3.8, 4) is 11.3 Å².